The van der Waals surface area contributed by atoms with Crippen LogP contribution in [0.2, 0.25) is 0 Å². The van der Waals surface area contributed by atoms with Crippen molar-refractivity contribution in [2.75, 3.05) is 44.2 Å². The number of carbonyl (C=O) groups is 1. The van der Waals surface area contributed by atoms with Crippen molar-refractivity contribution in [1.29, 1.82) is 0 Å². The number of nitrogens with one attached hydrogen (secondary N) is 2. The summed E-state index contributed by atoms with van der Waals surface area (Å²) in [6.45, 7) is 7.05. The molecule has 1 saturated heterocycles. The lowest BCUT2D eigenvalue weighted by atomic mass is 10.2. The van der Waals surface area contributed by atoms with Crippen molar-refractivity contribution in [2.45, 2.75) is 19.9 Å². The predicted molar refractivity (Wildman–Crippen MR) is 119 cm³/mol. The highest BCUT2D eigenvalue weighted by Gasteiger charge is 2.19. The Morgan fingerprint density at radius 3 is 2.90 bits per heavy atom. The molecule has 7 heteroatoms. The van der Waals surface area contributed by atoms with Gasteiger partial charge in [-0.3, -0.25) is 9.69 Å². The molecule has 0 atom stereocenters. The number of H-pyrrole nitrogens is 1. The van der Waals surface area contributed by atoms with Crippen LogP contribution in [0.25, 0.3) is 11.0 Å². The minimum atomic E-state index is 0.0500. The second-order valence-corrected chi connectivity index (χ2v) is 7.55. The number of aromatic nitrogens is 2. The van der Waals surface area contributed by atoms with Crippen LogP contribution in [0.3, 0.4) is 0 Å². The van der Waals surface area contributed by atoms with E-state index < -0.39 is 0 Å². The number of benzene rings is 2. The van der Waals surface area contributed by atoms with Gasteiger partial charge in [-0.2, -0.15) is 0 Å². The minimum Gasteiger partial charge on any atom is -0.494 e. The van der Waals surface area contributed by atoms with Gasteiger partial charge in [-0.15, -0.1) is 0 Å². The Hall–Kier alpha value is -3.06. The fourth-order valence-corrected chi connectivity index (χ4v) is 3.80. The van der Waals surface area contributed by atoms with E-state index in [1.54, 1.807) is 0 Å². The van der Waals surface area contributed by atoms with Crippen molar-refractivity contribution in [2.24, 2.45) is 0 Å². The van der Waals surface area contributed by atoms with Crippen molar-refractivity contribution >= 4 is 22.9 Å². The molecule has 2 aromatic carbocycles. The Morgan fingerprint density at radius 1 is 1.13 bits per heavy atom. The number of rotatable bonds is 7. The average molecular weight is 408 g/mol. The first-order valence-electron chi connectivity index (χ1n) is 10.6. The Bertz CT molecular complexity index is 953. The summed E-state index contributed by atoms with van der Waals surface area (Å²) in [5, 5.41) is 3.03. The normalized spacial score (nSPS) is 15.2. The molecule has 1 aliphatic heterocycles. The second-order valence-electron chi connectivity index (χ2n) is 7.55. The highest BCUT2D eigenvalue weighted by atomic mass is 16.5. The number of amides is 1. The topological polar surface area (TPSA) is 73.5 Å². The Labute approximate surface area is 177 Å². The summed E-state index contributed by atoms with van der Waals surface area (Å²) in [5.41, 5.74) is 3.09. The zero-order valence-electron chi connectivity index (χ0n) is 17.4. The van der Waals surface area contributed by atoms with Crippen molar-refractivity contribution in [3.05, 3.63) is 54.1 Å². The number of carbonyl (C=O) groups excluding carboxylic acids is 1. The van der Waals surface area contributed by atoms with E-state index >= 15 is 0 Å². The maximum absolute atomic E-state index is 12.5. The molecule has 0 radical (unpaired) electrons. The van der Waals surface area contributed by atoms with Crippen LogP contribution in [-0.4, -0.2) is 60.1 Å². The molecule has 1 aliphatic rings. The van der Waals surface area contributed by atoms with Crippen LogP contribution in [0.5, 0.6) is 5.75 Å². The molecule has 0 unspecified atom stereocenters. The van der Waals surface area contributed by atoms with E-state index in [0.717, 1.165) is 60.9 Å². The quantitative estimate of drug-likeness (QED) is 0.630. The van der Waals surface area contributed by atoms with Gasteiger partial charge in [0.15, 0.2) is 0 Å². The number of aromatic amines is 1. The van der Waals surface area contributed by atoms with Crippen LogP contribution >= 0.6 is 0 Å². The first-order chi connectivity index (χ1) is 14.7. The third-order valence-electron chi connectivity index (χ3n) is 5.33. The number of nitrogens with zero attached hydrogens (tertiary/aromatic N) is 3. The van der Waals surface area contributed by atoms with E-state index in [9.17, 15) is 4.79 Å². The van der Waals surface area contributed by atoms with E-state index in [4.69, 9.17) is 9.72 Å². The zero-order chi connectivity index (χ0) is 20.8. The molecule has 3 aromatic rings. The van der Waals surface area contributed by atoms with Crippen molar-refractivity contribution < 1.29 is 9.53 Å². The van der Waals surface area contributed by atoms with E-state index in [1.165, 1.54) is 0 Å². The third-order valence-corrected chi connectivity index (χ3v) is 5.33. The molecular weight excluding hydrogens is 378 g/mol. The third kappa shape index (κ3) is 5.10. The maximum Gasteiger partial charge on any atom is 0.234 e. The van der Waals surface area contributed by atoms with Crippen LogP contribution in [0, 0.1) is 0 Å². The standard InChI is InChI=1S/C23H29N5O2/c1-2-30-19-8-5-7-18(15-19)16-24-22(29)17-27-11-6-12-28(14-13-27)23-25-20-9-3-4-10-21(20)26-23/h3-5,7-10,15H,2,6,11-14,16-17H2,1H3,(H,24,29)(H,25,26). The van der Waals surface area contributed by atoms with Gasteiger partial charge in [-0.25, -0.2) is 4.98 Å². The Kier molecular flexibility index (Phi) is 6.49. The van der Waals surface area contributed by atoms with Crippen molar-refractivity contribution in [3.8, 4) is 5.75 Å². The van der Waals surface area contributed by atoms with Crippen LogP contribution in [0.4, 0.5) is 5.95 Å². The van der Waals surface area contributed by atoms with Gasteiger partial charge in [-0.1, -0.05) is 24.3 Å². The Morgan fingerprint density at radius 2 is 2.03 bits per heavy atom. The lowest BCUT2D eigenvalue weighted by Crippen LogP contribution is -2.39. The molecule has 4 rings (SSSR count). The molecule has 158 valence electrons. The predicted octanol–water partition coefficient (Wildman–Crippen LogP) is 2.79. The zero-order valence-corrected chi connectivity index (χ0v) is 17.4. The Balaban J connectivity index is 1.27. The average Bonchev–Trinajstić information content (AvgIpc) is 3.05. The molecule has 1 amide bonds. The van der Waals surface area contributed by atoms with Crippen molar-refractivity contribution in [3.63, 3.8) is 0 Å². The summed E-state index contributed by atoms with van der Waals surface area (Å²) in [4.78, 5) is 25.1. The number of anilines is 1. The summed E-state index contributed by atoms with van der Waals surface area (Å²) < 4.78 is 5.52. The summed E-state index contributed by atoms with van der Waals surface area (Å²) in [6.07, 6.45) is 1.00. The molecule has 2 N–H and O–H groups in total. The summed E-state index contributed by atoms with van der Waals surface area (Å²) in [6, 6.07) is 15.9. The van der Waals surface area contributed by atoms with Gasteiger partial charge in [0.2, 0.25) is 11.9 Å². The van der Waals surface area contributed by atoms with E-state index in [2.05, 4.69) is 20.1 Å². The molecule has 0 bridgehead atoms. The van der Waals surface area contributed by atoms with Gasteiger partial charge in [0, 0.05) is 32.7 Å². The van der Waals surface area contributed by atoms with Gasteiger partial charge in [0.05, 0.1) is 24.2 Å². The number of fused-ring (bicyclic) bond motifs is 1. The molecule has 30 heavy (non-hydrogen) atoms. The number of para-hydroxylation sites is 2. The molecule has 0 aliphatic carbocycles. The highest BCUT2D eigenvalue weighted by molar-refractivity contribution is 5.78. The summed E-state index contributed by atoms with van der Waals surface area (Å²) in [7, 11) is 0. The van der Waals surface area contributed by atoms with Gasteiger partial charge in [0.25, 0.3) is 0 Å². The first kappa shape index (κ1) is 20.2. The van der Waals surface area contributed by atoms with Gasteiger partial charge in [-0.05, 0) is 43.2 Å². The maximum atomic E-state index is 12.5. The van der Waals surface area contributed by atoms with Gasteiger partial charge >= 0.3 is 0 Å². The van der Waals surface area contributed by atoms with Gasteiger partial charge in [0.1, 0.15) is 5.75 Å². The molecule has 1 fully saturated rings. The smallest absolute Gasteiger partial charge is 0.234 e. The van der Waals surface area contributed by atoms with E-state index in [-0.39, 0.29) is 5.91 Å². The monoisotopic (exact) mass is 407 g/mol. The second kappa shape index (κ2) is 9.63. The van der Waals surface area contributed by atoms with Crippen molar-refractivity contribution in [1.82, 2.24) is 20.2 Å². The highest BCUT2D eigenvalue weighted by Crippen LogP contribution is 2.18. The largest absolute Gasteiger partial charge is 0.494 e. The van der Waals surface area contributed by atoms with Crippen LogP contribution < -0.4 is 15.0 Å². The first-order valence-corrected chi connectivity index (χ1v) is 10.6. The SMILES string of the molecule is CCOc1cccc(CNC(=O)CN2CCCN(c3nc4ccccc4[nH]3)CC2)c1. The lowest BCUT2D eigenvalue weighted by molar-refractivity contribution is -0.122. The molecular formula is C23H29N5O2. The molecule has 0 saturated carbocycles. The fourth-order valence-electron chi connectivity index (χ4n) is 3.80. The van der Waals surface area contributed by atoms with Crippen LogP contribution in [-0.2, 0) is 11.3 Å². The molecule has 0 spiro atoms. The molecule has 2 heterocycles. The van der Waals surface area contributed by atoms with Crippen LogP contribution in [0.15, 0.2) is 48.5 Å². The number of hydrogen-bond acceptors (Lipinski definition) is 5. The number of imidazole rings is 1. The van der Waals surface area contributed by atoms with Gasteiger partial charge < -0.3 is 19.9 Å². The summed E-state index contributed by atoms with van der Waals surface area (Å²) >= 11 is 0. The summed E-state index contributed by atoms with van der Waals surface area (Å²) in [5.74, 6) is 1.80. The lowest BCUT2D eigenvalue weighted by Gasteiger charge is -2.21. The van der Waals surface area contributed by atoms with E-state index in [0.29, 0.717) is 19.7 Å². The van der Waals surface area contributed by atoms with E-state index in [1.807, 2.05) is 55.5 Å². The van der Waals surface area contributed by atoms with Crippen LogP contribution in [0.1, 0.15) is 18.9 Å². The molecule has 7 nitrogen and oxygen atoms in total. The fraction of sp³-hybridized carbons (Fsp3) is 0.391. The minimum absolute atomic E-state index is 0.0500. The number of ether oxygens (including phenoxy) is 1. The molecule has 1 aromatic heterocycles. The number of hydrogen-bond donors (Lipinski definition) is 2.